The largest absolute Gasteiger partial charge is 0.480 e. The number of carboxylic acids is 1. The summed E-state index contributed by atoms with van der Waals surface area (Å²) in [4.78, 5) is 22.5. The molecule has 1 aromatic carbocycles. The van der Waals surface area contributed by atoms with E-state index in [1.165, 1.54) is 6.20 Å². The van der Waals surface area contributed by atoms with Crippen LogP contribution in [0.1, 0.15) is 10.5 Å². The summed E-state index contributed by atoms with van der Waals surface area (Å²) >= 11 is 7.87. The van der Waals surface area contributed by atoms with Gasteiger partial charge in [0.25, 0.3) is 5.91 Å². The van der Waals surface area contributed by atoms with E-state index in [2.05, 4.69) is 15.6 Å². The van der Waals surface area contributed by atoms with E-state index >= 15 is 0 Å². The number of rotatable bonds is 4. The average Bonchev–Trinajstić information content (AvgIpc) is 2.80. The number of anilines is 1. The van der Waals surface area contributed by atoms with Crippen LogP contribution >= 0.6 is 34.2 Å². The Morgan fingerprint density at radius 3 is 2.85 bits per heavy atom. The molecule has 0 saturated heterocycles. The number of nitrogens with one attached hydrogen (secondary N) is 1. The zero-order chi connectivity index (χ0) is 14.7. The first-order valence-corrected chi connectivity index (χ1v) is 6.79. The van der Waals surface area contributed by atoms with Crippen LogP contribution in [0.3, 0.4) is 0 Å². The van der Waals surface area contributed by atoms with Gasteiger partial charge in [0.2, 0.25) is 0 Å². The van der Waals surface area contributed by atoms with Gasteiger partial charge < -0.3 is 10.4 Å². The summed E-state index contributed by atoms with van der Waals surface area (Å²) in [6, 6.07) is 5.03. The van der Waals surface area contributed by atoms with E-state index in [1.54, 1.807) is 18.2 Å². The summed E-state index contributed by atoms with van der Waals surface area (Å²) in [6.45, 7) is -0.348. The number of hydrogen-bond donors (Lipinski definition) is 2. The van der Waals surface area contributed by atoms with Crippen molar-refractivity contribution in [3.05, 3.63) is 38.7 Å². The molecule has 0 spiro atoms. The predicted octanol–water partition coefficient (Wildman–Crippen LogP) is 1.87. The van der Waals surface area contributed by atoms with E-state index in [0.717, 1.165) is 8.25 Å². The third-order valence-electron chi connectivity index (χ3n) is 2.25. The van der Waals surface area contributed by atoms with Crippen molar-refractivity contribution in [1.82, 2.24) is 15.0 Å². The molecular formula is C11H8ClIN4O3. The molecule has 20 heavy (non-hydrogen) atoms. The number of carbonyl (C=O) groups is 2. The van der Waals surface area contributed by atoms with E-state index in [-0.39, 0.29) is 12.2 Å². The monoisotopic (exact) mass is 406 g/mol. The molecule has 0 unspecified atom stereocenters. The maximum atomic E-state index is 11.9. The van der Waals surface area contributed by atoms with Crippen molar-refractivity contribution in [3.8, 4) is 0 Å². The van der Waals surface area contributed by atoms with Crippen molar-refractivity contribution in [3.63, 3.8) is 0 Å². The Labute approximate surface area is 132 Å². The quantitative estimate of drug-likeness (QED) is 0.756. The highest BCUT2D eigenvalue weighted by atomic mass is 127. The van der Waals surface area contributed by atoms with Crippen LogP contribution in [-0.4, -0.2) is 32.0 Å². The molecule has 0 radical (unpaired) electrons. The van der Waals surface area contributed by atoms with Crippen molar-refractivity contribution in [1.29, 1.82) is 0 Å². The van der Waals surface area contributed by atoms with Crippen LogP contribution in [0.4, 0.5) is 5.69 Å². The van der Waals surface area contributed by atoms with Gasteiger partial charge in [-0.1, -0.05) is 16.8 Å². The van der Waals surface area contributed by atoms with Crippen LogP contribution in [0.5, 0.6) is 0 Å². The summed E-state index contributed by atoms with van der Waals surface area (Å²) in [6.07, 6.45) is 1.27. The van der Waals surface area contributed by atoms with Crippen LogP contribution in [-0.2, 0) is 11.3 Å². The molecule has 0 aliphatic rings. The first-order chi connectivity index (χ1) is 9.45. The van der Waals surface area contributed by atoms with E-state index < -0.39 is 11.9 Å². The first-order valence-electron chi connectivity index (χ1n) is 5.34. The summed E-state index contributed by atoms with van der Waals surface area (Å²) in [5.41, 5.74) is 0.629. The first kappa shape index (κ1) is 14.7. The Balaban J connectivity index is 2.11. The fourth-order valence-corrected chi connectivity index (χ4v) is 2.40. The number of nitrogens with zero attached hydrogens (tertiary/aromatic N) is 3. The SMILES string of the molecule is O=C(O)Cn1cc(C(=O)Nc2ccc(Cl)cc2I)nn1. The van der Waals surface area contributed by atoms with Crippen LogP contribution in [0.15, 0.2) is 24.4 Å². The van der Waals surface area contributed by atoms with E-state index in [4.69, 9.17) is 16.7 Å². The number of aromatic nitrogens is 3. The third-order valence-corrected chi connectivity index (χ3v) is 3.38. The number of benzene rings is 1. The molecule has 104 valence electrons. The molecule has 0 aliphatic carbocycles. The van der Waals surface area contributed by atoms with Gasteiger partial charge in [0, 0.05) is 8.59 Å². The van der Waals surface area contributed by atoms with E-state index in [1.807, 2.05) is 22.6 Å². The summed E-state index contributed by atoms with van der Waals surface area (Å²) < 4.78 is 1.85. The van der Waals surface area contributed by atoms with Crippen LogP contribution in [0.2, 0.25) is 5.02 Å². The van der Waals surface area contributed by atoms with Crippen LogP contribution in [0.25, 0.3) is 0 Å². The lowest BCUT2D eigenvalue weighted by molar-refractivity contribution is -0.137. The van der Waals surface area contributed by atoms with Crippen molar-refractivity contribution < 1.29 is 14.7 Å². The summed E-state index contributed by atoms with van der Waals surface area (Å²) in [5, 5.41) is 19.0. The zero-order valence-electron chi connectivity index (χ0n) is 9.88. The van der Waals surface area contributed by atoms with Crippen molar-refractivity contribution in [2.45, 2.75) is 6.54 Å². The highest BCUT2D eigenvalue weighted by Gasteiger charge is 2.13. The van der Waals surface area contributed by atoms with Crippen molar-refractivity contribution in [2.24, 2.45) is 0 Å². The Bertz CT molecular complexity index is 673. The molecule has 1 aromatic heterocycles. The lowest BCUT2D eigenvalue weighted by atomic mass is 10.3. The molecule has 0 aliphatic heterocycles. The van der Waals surface area contributed by atoms with Gasteiger partial charge in [-0.25, -0.2) is 4.68 Å². The molecule has 7 nitrogen and oxygen atoms in total. The lowest BCUT2D eigenvalue weighted by Gasteiger charge is -2.05. The molecule has 9 heteroatoms. The molecule has 2 rings (SSSR count). The Kier molecular flexibility index (Phi) is 4.55. The van der Waals surface area contributed by atoms with Gasteiger partial charge in [-0.2, -0.15) is 0 Å². The number of carboxylic acid groups (broad SMARTS) is 1. The van der Waals surface area contributed by atoms with Crippen LogP contribution < -0.4 is 5.32 Å². The standard InChI is InChI=1S/C11H8ClIN4O3/c12-6-1-2-8(7(13)3-6)14-11(20)9-4-17(16-15-9)5-10(18)19/h1-4H,5H2,(H,14,20)(H,18,19). The topological polar surface area (TPSA) is 97.1 Å². The minimum Gasteiger partial charge on any atom is -0.480 e. The van der Waals surface area contributed by atoms with Gasteiger partial charge in [-0.3, -0.25) is 9.59 Å². The van der Waals surface area contributed by atoms with Crippen molar-refractivity contribution >= 4 is 51.8 Å². The number of aliphatic carboxylic acids is 1. The molecule has 1 heterocycles. The highest BCUT2D eigenvalue weighted by Crippen LogP contribution is 2.22. The van der Waals surface area contributed by atoms with E-state index in [9.17, 15) is 9.59 Å². The second-order valence-corrected chi connectivity index (χ2v) is 5.37. The second kappa shape index (κ2) is 6.18. The van der Waals surface area contributed by atoms with Crippen LogP contribution in [0, 0.1) is 3.57 Å². The normalized spacial score (nSPS) is 10.3. The number of carbonyl (C=O) groups excluding carboxylic acids is 1. The van der Waals surface area contributed by atoms with E-state index in [0.29, 0.717) is 10.7 Å². The predicted molar refractivity (Wildman–Crippen MR) is 79.8 cm³/mol. The molecule has 2 aromatic rings. The average molecular weight is 407 g/mol. The number of hydrogen-bond acceptors (Lipinski definition) is 4. The van der Waals surface area contributed by atoms with Gasteiger partial charge >= 0.3 is 5.97 Å². The Morgan fingerprint density at radius 1 is 1.45 bits per heavy atom. The fourth-order valence-electron chi connectivity index (χ4n) is 1.40. The number of amides is 1. The summed E-state index contributed by atoms with van der Waals surface area (Å²) in [5.74, 6) is -1.53. The Hall–Kier alpha value is -1.68. The van der Waals surface area contributed by atoms with Gasteiger partial charge in [-0.05, 0) is 40.8 Å². The maximum Gasteiger partial charge on any atom is 0.325 e. The van der Waals surface area contributed by atoms with Gasteiger partial charge in [0.1, 0.15) is 6.54 Å². The van der Waals surface area contributed by atoms with Gasteiger partial charge in [0.05, 0.1) is 11.9 Å². The molecule has 0 fully saturated rings. The molecule has 2 N–H and O–H groups in total. The van der Waals surface area contributed by atoms with Gasteiger partial charge in [0.15, 0.2) is 5.69 Å². The molecule has 0 saturated carbocycles. The minimum atomic E-state index is -1.06. The Morgan fingerprint density at radius 2 is 2.20 bits per heavy atom. The number of halogens is 2. The van der Waals surface area contributed by atoms with Gasteiger partial charge in [-0.15, -0.1) is 5.10 Å². The second-order valence-electron chi connectivity index (χ2n) is 3.77. The van der Waals surface area contributed by atoms with Crippen molar-refractivity contribution in [2.75, 3.05) is 5.32 Å². The zero-order valence-corrected chi connectivity index (χ0v) is 12.8. The molecule has 0 bridgehead atoms. The molecule has 0 atom stereocenters. The lowest BCUT2D eigenvalue weighted by Crippen LogP contribution is -2.13. The summed E-state index contributed by atoms with van der Waals surface area (Å²) in [7, 11) is 0. The smallest absolute Gasteiger partial charge is 0.325 e. The maximum absolute atomic E-state index is 11.9. The molecular weight excluding hydrogens is 399 g/mol. The molecule has 1 amide bonds. The fraction of sp³-hybridized carbons (Fsp3) is 0.0909. The minimum absolute atomic E-state index is 0.0389. The third kappa shape index (κ3) is 3.67. The highest BCUT2D eigenvalue weighted by molar-refractivity contribution is 14.1.